The molecule has 0 amide bonds. The van der Waals surface area contributed by atoms with Crippen molar-refractivity contribution in [3.63, 3.8) is 0 Å². The predicted octanol–water partition coefficient (Wildman–Crippen LogP) is 2.65. The quantitative estimate of drug-likeness (QED) is 0.850. The Balaban J connectivity index is 2.37. The van der Waals surface area contributed by atoms with Gasteiger partial charge in [0.05, 0.1) is 0 Å². The highest BCUT2D eigenvalue weighted by molar-refractivity contribution is 5.89. The van der Waals surface area contributed by atoms with Crippen molar-refractivity contribution in [3.05, 3.63) is 42.0 Å². The van der Waals surface area contributed by atoms with Crippen molar-refractivity contribution in [1.29, 1.82) is 0 Å². The third-order valence-electron chi connectivity index (χ3n) is 2.81. The van der Waals surface area contributed by atoms with Gasteiger partial charge in [-0.05, 0) is 31.5 Å². The second-order valence-corrected chi connectivity index (χ2v) is 4.35. The molecule has 2 aromatic rings. The summed E-state index contributed by atoms with van der Waals surface area (Å²) in [6, 6.07) is 12.0. The van der Waals surface area contributed by atoms with Crippen LogP contribution < -0.4 is 0 Å². The first-order valence-electron chi connectivity index (χ1n) is 5.53. The van der Waals surface area contributed by atoms with Crippen LogP contribution in [0.5, 0.6) is 5.75 Å². The van der Waals surface area contributed by atoms with Gasteiger partial charge in [-0.25, -0.2) is 0 Å². The van der Waals surface area contributed by atoms with Gasteiger partial charge in [0.2, 0.25) is 0 Å². The van der Waals surface area contributed by atoms with Crippen molar-refractivity contribution in [2.24, 2.45) is 0 Å². The smallest absolute Gasteiger partial charge is 0.126 e. The van der Waals surface area contributed by atoms with Crippen LogP contribution in [-0.4, -0.2) is 30.6 Å². The SMILES string of the molecule is CN(C)CCc1ccc2ccccc2c1O. The van der Waals surface area contributed by atoms with Crippen molar-refractivity contribution in [2.45, 2.75) is 6.42 Å². The van der Waals surface area contributed by atoms with Gasteiger partial charge in [-0.15, -0.1) is 0 Å². The molecular formula is C14H17NO. The highest BCUT2D eigenvalue weighted by atomic mass is 16.3. The molecule has 2 heteroatoms. The molecule has 0 aromatic heterocycles. The van der Waals surface area contributed by atoms with Gasteiger partial charge in [-0.1, -0.05) is 36.4 Å². The summed E-state index contributed by atoms with van der Waals surface area (Å²) < 4.78 is 0. The monoisotopic (exact) mass is 215 g/mol. The summed E-state index contributed by atoms with van der Waals surface area (Å²) in [4.78, 5) is 2.12. The zero-order valence-corrected chi connectivity index (χ0v) is 9.77. The van der Waals surface area contributed by atoms with Crippen LogP contribution in [0.4, 0.5) is 0 Å². The van der Waals surface area contributed by atoms with Gasteiger partial charge < -0.3 is 10.0 Å². The molecule has 0 unspecified atom stereocenters. The molecule has 2 nitrogen and oxygen atoms in total. The van der Waals surface area contributed by atoms with Gasteiger partial charge in [-0.2, -0.15) is 0 Å². The van der Waals surface area contributed by atoms with Gasteiger partial charge >= 0.3 is 0 Å². The lowest BCUT2D eigenvalue weighted by molar-refractivity contribution is 0.407. The van der Waals surface area contributed by atoms with E-state index >= 15 is 0 Å². The molecule has 0 radical (unpaired) electrons. The first-order valence-corrected chi connectivity index (χ1v) is 5.53. The Morgan fingerprint density at radius 1 is 1.06 bits per heavy atom. The van der Waals surface area contributed by atoms with Gasteiger partial charge in [0.25, 0.3) is 0 Å². The lowest BCUT2D eigenvalue weighted by atomic mass is 10.0. The summed E-state index contributed by atoms with van der Waals surface area (Å²) >= 11 is 0. The summed E-state index contributed by atoms with van der Waals surface area (Å²) in [5.41, 5.74) is 1.02. The van der Waals surface area contributed by atoms with Crippen LogP contribution >= 0.6 is 0 Å². The summed E-state index contributed by atoms with van der Waals surface area (Å²) in [5.74, 6) is 0.431. The summed E-state index contributed by atoms with van der Waals surface area (Å²) in [5, 5.41) is 12.2. The first kappa shape index (κ1) is 11.0. The number of hydrogen-bond donors (Lipinski definition) is 1. The minimum Gasteiger partial charge on any atom is -0.507 e. The highest BCUT2D eigenvalue weighted by Crippen LogP contribution is 2.28. The molecule has 0 heterocycles. The second-order valence-electron chi connectivity index (χ2n) is 4.35. The molecule has 0 atom stereocenters. The van der Waals surface area contributed by atoms with Crippen molar-refractivity contribution >= 4 is 10.8 Å². The van der Waals surface area contributed by atoms with E-state index in [1.165, 1.54) is 0 Å². The highest BCUT2D eigenvalue weighted by Gasteiger charge is 2.05. The molecule has 2 aromatic carbocycles. The topological polar surface area (TPSA) is 23.5 Å². The van der Waals surface area contributed by atoms with Crippen LogP contribution in [0.15, 0.2) is 36.4 Å². The Labute approximate surface area is 96.1 Å². The van der Waals surface area contributed by atoms with Crippen LogP contribution in [0.25, 0.3) is 10.8 Å². The van der Waals surface area contributed by atoms with Crippen molar-refractivity contribution in [3.8, 4) is 5.75 Å². The first-order chi connectivity index (χ1) is 7.68. The maximum atomic E-state index is 10.1. The summed E-state index contributed by atoms with van der Waals surface area (Å²) in [6.07, 6.45) is 0.879. The van der Waals surface area contributed by atoms with E-state index in [1.807, 2.05) is 44.4 Å². The normalized spacial score (nSPS) is 11.2. The van der Waals surface area contributed by atoms with E-state index in [4.69, 9.17) is 0 Å². The number of hydrogen-bond acceptors (Lipinski definition) is 2. The molecule has 0 aliphatic heterocycles. The van der Waals surface area contributed by atoms with E-state index in [-0.39, 0.29) is 0 Å². The molecular weight excluding hydrogens is 198 g/mol. The molecule has 0 bridgehead atoms. The number of phenolic OH excluding ortho intramolecular Hbond substituents is 1. The molecule has 1 N–H and O–H groups in total. The minimum absolute atomic E-state index is 0.431. The number of phenols is 1. The van der Waals surface area contributed by atoms with Crippen molar-refractivity contribution in [1.82, 2.24) is 4.90 Å². The average Bonchev–Trinajstić information content (AvgIpc) is 2.28. The van der Waals surface area contributed by atoms with Gasteiger partial charge in [-0.3, -0.25) is 0 Å². The Morgan fingerprint density at radius 2 is 1.81 bits per heavy atom. The molecule has 0 spiro atoms. The molecule has 0 saturated heterocycles. The van der Waals surface area contributed by atoms with E-state index in [1.54, 1.807) is 0 Å². The number of nitrogens with zero attached hydrogens (tertiary/aromatic N) is 1. The van der Waals surface area contributed by atoms with Crippen LogP contribution in [0.3, 0.4) is 0 Å². The summed E-state index contributed by atoms with van der Waals surface area (Å²) in [6.45, 7) is 0.950. The largest absolute Gasteiger partial charge is 0.507 e. The van der Waals surface area contributed by atoms with Crippen LogP contribution in [0.2, 0.25) is 0 Å². The third kappa shape index (κ3) is 2.17. The van der Waals surface area contributed by atoms with Crippen LogP contribution in [0.1, 0.15) is 5.56 Å². The lowest BCUT2D eigenvalue weighted by Gasteiger charge is -2.11. The fourth-order valence-electron chi connectivity index (χ4n) is 1.85. The standard InChI is InChI=1S/C14H17NO/c1-15(2)10-9-12-8-7-11-5-3-4-6-13(11)14(12)16/h3-8,16H,9-10H2,1-2H3. The maximum Gasteiger partial charge on any atom is 0.126 e. The molecule has 0 aliphatic carbocycles. The fourth-order valence-corrected chi connectivity index (χ4v) is 1.85. The van der Waals surface area contributed by atoms with E-state index in [0.29, 0.717) is 5.75 Å². The molecule has 84 valence electrons. The number of likely N-dealkylation sites (N-methyl/N-ethyl adjacent to an activating group) is 1. The van der Waals surface area contributed by atoms with Gasteiger partial charge in [0, 0.05) is 11.9 Å². The number of aromatic hydroxyl groups is 1. The fraction of sp³-hybridized carbons (Fsp3) is 0.286. The molecule has 2 rings (SSSR count). The zero-order chi connectivity index (χ0) is 11.5. The van der Waals surface area contributed by atoms with E-state index in [0.717, 1.165) is 29.3 Å². The lowest BCUT2D eigenvalue weighted by Crippen LogP contribution is -2.15. The van der Waals surface area contributed by atoms with Gasteiger partial charge in [0.15, 0.2) is 0 Å². The molecule has 0 saturated carbocycles. The second kappa shape index (κ2) is 4.54. The Hall–Kier alpha value is -1.54. The number of fused-ring (bicyclic) bond motifs is 1. The van der Waals surface area contributed by atoms with Gasteiger partial charge in [0.1, 0.15) is 5.75 Å². The number of benzene rings is 2. The Bertz CT molecular complexity index is 491. The zero-order valence-electron chi connectivity index (χ0n) is 9.77. The Morgan fingerprint density at radius 3 is 2.56 bits per heavy atom. The van der Waals surface area contributed by atoms with E-state index in [2.05, 4.69) is 11.0 Å². The van der Waals surface area contributed by atoms with E-state index < -0.39 is 0 Å². The maximum absolute atomic E-state index is 10.1. The number of rotatable bonds is 3. The third-order valence-corrected chi connectivity index (χ3v) is 2.81. The summed E-state index contributed by atoms with van der Waals surface area (Å²) in [7, 11) is 4.08. The van der Waals surface area contributed by atoms with Crippen molar-refractivity contribution < 1.29 is 5.11 Å². The van der Waals surface area contributed by atoms with Crippen LogP contribution in [0, 0.1) is 0 Å². The van der Waals surface area contributed by atoms with Crippen LogP contribution in [-0.2, 0) is 6.42 Å². The molecule has 0 aliphatic rings. The minimum atomic E-state index is 0.431. The Kier molecular flexibility index (Phi) is 3.11. The molecule has 16 heavy (non-hydrogen) atoms. The van der Waals surface area contributed by atoms with Crippen molar-refractivity contribution in [2.75, 3.05) is 20.6 Å². The average molecular weight is 215 g/mol. The van der Waals surface area contributed by atoms with E-state index in [9.17, 15) is 5.11 Å². The molecule has 0 fully saturated rings. The predicted molar refractivity (Wildman–Crippen MR) is 67.9 cm³/mol.